The number of fused-ring (bicyclic) bond motifs is 3. The number of aromatic amines is 1. The average Bonchev–Trinajstić information content (AvgIpc) is 2.58. The summed E-state index contributed by atoms with van der Waals surface area (Å²) in [6.45, 7) is 4.83. The van der Waals surface area contributed by atoms with Gasteiger partial charge >= 0.3 is 0 Å². The summed E-state index contributed by atoms with van der Waals surface area (Å²) in [5.74, 6) is 0.990. The van der Waals surface area contributed by atoms with E-state index < -0.39 is 0 Å². The van der Waals surface area contributed by atoms with Gasteiger partial charge in [0.15, 0.2) is 0 Å². The maximum Gasteiger partial charge on any atom is 0.129 e. The Bertz CT molecular complexity index is 525. The fraction of sp³-hybridized carbons (Fsp3) is 0.231. The number of hydrogen-bond acceptors (Lipinski definition) is 1. The Kier molecular flexibility index (Phi) is 1.66. The molecule has 1 aliphatic heterocycles. The maximum atomic E-state index is 5.72. The van der Waals surface area contributed by atoms with Crippen molar-refractivity contribution in [2.75, 3.05) is 0 Å². The molecule has 1 aromatic heterocycles. The second kappa shape index (κ2) is 2.89. The topological polar surface area (TPSA) is 25.0 Å². The molecule has 1 aromatic carbocycles. The molecule has 2 heterocycles. The quantitative estimate of drug-likeness (QED) is 0.692. The molecule has 2 nitrogen and oxygen atoms in total. The third kappa shape index (κ3) is 1.25. The average molecular weight is 199 g/mol. The van der Waals surface area contributed by atoms with Crippen LogP contribution in [0, 0.1) is 13.8 Å². The summed E-state index contributed by atoms with van der Waals surface area (Å²) in [6.07, 6.45) is 0. The third-order valence-corrected chi connectivity index (χ3v) is 2.82. The SMILES string of the molecule is Cc1ccc2c(c1)OCc1cc(C)[nH]c1-2. The number of H-pyrrole nitrogens is 1. The highest BCUT2D eigenvalue weighted by molar-refractivity contribution is 5.73. The van der Waals surface area contributed by atoms with Crippen LogP contribution in [0.5, 0.6) is 5.75 Å². The molecule has 0 unspecified atom stereocenters. The lowest BCUT2D eigenvalue weighted by Gasteiger charge is -2.17. The Morgan fingerprint density at radius 1 is 1.20 bits per heavy atom. The molecular weight excluding hydrogens is 186 g/mol. The van der Waals surface area contributed by atoms with Crippen LogP contribution in [-0.4, -0.2) is 4.98 Å². The molecule has 0 amide bonds. The predicted octanol–water partition coefficient (Wildman–Crippen LogP) is 3.19. The first-order chi connectivity index (χ1) is 7.24. The summed E-state index contributed by atoms with van der Waals surface area (Å²) < 4.78 is 5.72. The summed E-state index contributed by atoms with van der Waals surface area (Å²) in [6, 6.07) is 8.48. The van der Waals surface area contributed by atoms with E-state index in [2.05, 4.69) is 43.1 Å². The Labute approximate surface area is 88.9 Å². The van der Waals surface area contributed by atoms with Gasteiger partial charge in [-0.15, -0.1) is 0 Å². The fourth-order valence-corrected chi connectivity index (χ4v) is 2.11. The van der Waals surface area contributed by atoms with Crippen LogP contribution in [0.4, 0.5) is 0 Å². The first-order valence-electron chi connectivity index (χ1n) is 5.16. The molecule has 0 aliphatic carbocycles. The Hall–Kier alpha value is -1.70. The van der Waals surface area contributed by atoms with E-state index >= 15 is 0 Å². The number of ether oxygens (including phenoxy) is 1. The van der Waals surface area contributed by atoms with Crippen molar-refractivity contribution in [1.82, 2.24) is 4.98 Å². The predicted molar refractivity (Wildman–Crippen MR) is 60.0 cm³/mol. The van der Waals surface area contributed by atoms with Crippen LogP contribution in [0.1, 0.15) is 16.8 Å². The first-order valence-corrected chi connectivity index (χ1v) is 5.16. The van der Waals surface area contributed by atoms with Crippen LogP contribution in [0.2, 0.25) is 0 Å². The lowest BCUT2D eigenvalue weighted by atomic mass is 10.0. The van der Waals surface area contributed by atoms with Gasteiger partial charge in [-0.3, -0.25) is 0 Å². The highest BCUT2D eigenvalue weighted by atomic mass is 16.5. The normalized spacial score (nSPS) is 12.9. The van der Waals surface area contributed by atoms with E-state index in [1.54, 1.807) is 0 Å². The van der Waals surface area contributed by atoms with E-state index in [0.29, 0.717) is 6.61 Å². The first kappa shape index (κ1) is 8.60. The van der Waals surface area contributed by atoms with E-state index in [4.69, 9.17) is 4.74 Å². The van der Waals surface area contributed by atoms with Crippen molar-refractivity contribution in [3.05, 3.63) is 41.1 Å². The smallest absolute Gasteiger partial charge is 0.129 e. The molecule has 0 spiro atoms. The Morgan fingerprint density at radius 3 is 2.93 bits per heavy atom. The van der Waals surface area contributed by atoms with Gasteiger partial charge in [0.1, 0.15) is 12.4 Å². The zero-order valence-electron chi connectivity index (χ0n) is 8.92. The second-order valence-corrected chi connectivity index (χ2v) is 4.14. The fourth-order valence-electron chi connectivity index (χ4n) is 2.11. The molecule has 0 bridgehead atoms. The molecule has 15 heavy (non-hydrogen) atoms. The highest BCUT2D eigenvalue weighted by Crippen LogP contribution is 2.37. The molecule has 3 rings (SSSR count). The van der Waals surface area contributed by atoms with Gasteiger partial charge in [0.25, 0.3) is 0 Å². The van der Waals surface area contributed by atoms with Gasteiger partial charge in [0.2, 0.25) is 0 Å². The van der Waals surface area contributed by atoms with Gasteiger partial charge in [-0.2, -0.15) is 0 Å². The van der Waals surface area contributed by atoms with E-state index in [-0.39, 0.29) is 0 Å². The van der Waals surface area contributed by atoms with Gasteiger partial charge in [0.05, 0.1) is 5.69 Å². The van der Waals surface area contributed by atoms with Gasteiger partial charge < -0.3 is 9.72 Å². The lowest BCUT2D eigenvalue weighted by Crippen LogP contribution is -2.03. The van der Waals surface area contributed by atoms with Crippen LogP contribution in [-0.2, 0) is 6.61 Å². The number of hydrogen-bond donors (Lipinski definition) is 1. The van der Waals surface area contributed by atoms with E-state index in [0.717, 1.165) is 5.75 Å². The van der Waals surface area contributed by atoms with Crippen molar-refractivity contribution in [3.8, 4) is 17.0 Å². The molecule has 2 aromatic rings. The number of aromatic nitrogens is 1. The number of benzene rings is 1. The van der Waals surface area contributed by atoms with Gasteiger partial charge in [-0.05, 0) is 37.6 Å². The number of nitrogens with one attached hydrogen (secondary N) is 1. The molecule has 0 saturated heterocycles. The lowest BCUT2D eigenvalue weighted by molar-refractivity contribution is 0.302. The molecule has 0 atom stereocenters. The summed E-state index contributed by atoms with van der Waals surface area (Å²) in [5.41, 5.74) is 6.07. The Balaban J connectivity index is 2.25. The Morgan fingerprint density at radius 2 is 2.07 bits per heavy atom. The summed E-state index contributed by atoms with van der Waals surface area (Å²) in [4.78, 5) is 3.39. The zero-order chi connectivity index (χ0) is 10.4. The summed E-state index contributed by atoms with van der Waals surface area (Å²) in [7, 11) is 0. The highest BCUT2D eigenvalue weighted by Gasteiger charge is 2.18. The van der Waals surface area contributed by atoms with Gasteiger partial charge in [-0.25, -0.2) is 0 Å². The van der Waals surface area contributed by atoms with Crippen LogP contribution < -0.4 is 4.74 Å². The standard InChI is InChI=1S/C13H13NO/c1-8-3-4-11-12(5-8)15-7-10-6-9(2)14-13(10)11/h3-6,14H,7H2,1-2H3. The van der Waals surface area contributed by atoms with Gasteiger partial charge in [0, 0.05) is 16.8 Å². The molecule has 1 N–H and O–H groups in total. The van der Waals surface area contributed by atoms with Crippen molar-refractivity contribution in [3.63, 3.8) is 0 Å². The second-order valence-electron chi connectivity index (χ2n) is 4.14. The molecule has 76 valence electrons. The van der Waals surface area contributed by atoms with Crippen molar-refractivity contribution in [2.45, 2.75) is 20.5 Å². The van der Waals surface area contributed by atoms with Crippen LogP contribution >= 0.6 is 0 Å². The summed E-state index contributed by atoms with van der Waals surface area (Å²) >= 11 is 0. The van der Waals surface area contributed by atoms with Crippen molar-refractivity contribution in [2.24, 2.45) is 0 Å². The molecular formula is C13H13NO. The zero-order valence-corrected chi connectivity index (χ0v) is 8.92. The van der Waals surface area contributed by atoms with E-state index in [1.807, 2.05) is 0 Å². The molecule has 1 aliphatic rings. The van der Waals surface area contributed by atoms with E-state index in [1.165, 1.54) is 28.1 Å². The van der Waals surface area contributed by atoms with Crippen LogP contribution in [0.15, 0.2) is 24.3 Å². The minimum Gasteiger partial charge on any atom is -0.488 e. The number of aryl methyl sites for hydroxylation is 2. The van der Waals surface area contributed by atoms with Crippen molar-refractivity contribution < 1.29 is 4.74 Å². The molecule has 0 saturated carbocycles. The summed E-state index contributed by atoms with van der Waals surface area (Å²) in [5, 5.41) is 0. The van der Waals surface area contributed by atoms with Crippen molar-refractivity contribution >= 4 is 0 Å². The molecule has 0 fully saturated rings. The van der Waals surface area contributed by atoms with E-state index in [9.17, 15) is 0 Å². The maximum absolute atomic E-state index is 5.72. The minimum absolute atomic E-state index is 0.677. The minimum atomic E-state index is 0.677. The monoisotopic (exact) mass is 199 g/mol. The third-order valence-electron chi connectivity index (χ3n) is 2.82. The van der Waals surface area contributed by atoms with Crippen molar-refractivity contribution in [1.29, 1.82) is 0 Å². The van der Waals surface area contributed by atoms with Crippen LogP contribution in [0.25, 0.3) is 11.3 Å². The van der Waals surface area contributed by atoms with Gasteiger partial charge in [-0.1, -0.05) is 6.07 Å². The molecule has 0 radical (unpaired) electrons. The molecule has 2 heteroatoms. The largest absolute Gasteiger partial charge is 0.488 e. The van der Waals surface area contributed by atoms with Crippen LogP contribution in [0.3, 0.4) is 0 Å². The number of rotatable bonds is 0.